The van der Waals surface area contributed by atoms with E-state index in [4.69, 9.17) is 8.83 Å². The van der Waals surface area contributed by atoms with Crippen molar-refractivity contribution in [2.45, 2.75) is 0 Å². The first-order valence-corrected chi connectivity index (χ1v) is 23.8. The van der Waals surface area contributed by atoms with Gasteiger partial charge < -0.3 is 18.3 Å². The quantitative estimate of drug-likeness (QED) is 0.152. The van der Waals surface area contributed by atoms with Crippen LogP contribution in [0, 0.1) is 0 Å². The van der Waals surface area contributed by atoms with Crippen LogP contribution in [0.25, 0.3) is 116 Å². The summed E-state index contributed by atoms with van der Waals surface area (Å²) in [5, 5.41) is 6.75. The number of hydrogen-bond acceptors (Lipinski definition) is 3. The minimum absolute atomic E-state index is 0.845. The van der Waals surface area contributed by atoms with Gasteiger partial charge in [0.1, 0.15) is 22.3 Å². The highest BCUT2D eigenvalue weighted by Gasteiger charge is 2.24. The molecular weight excluding hydrogens is 853 g/mol. The summed E-state index contributed by atoms with van der Waals surface area (Å²) >= 11 is 0. The molecule has 11 aromatic carbocycles. The Morgan fingerprint density at radius 1 is 0.286 bits per heavy atom. The maximum atomic E-state index is 6.84. The molecule has 0 saturated carbocycles. The molecule has 0 radical (unpaired) electrons. The topological polar surface area (TPSA) is 34.5 Å². The molecule has 70 heavy (non-hydrogen) atoms. The normalized spacial score (nSPS) is 11.7. The van der Waals surface area contributed by atoms with E-state index >= 15 is 0 Å². The molecule has 0 aliphatic carbocycles. The highest BCUT2D eigenvalue weighted by molar-refractivity contribution is 6.15. The first-order valence-electron chi connectivity index (χ1n) is 23.8. The second kappa shape index (κ2) is 16.2. The summed E-state index contributed by atoms with van der Waals surface area (Å²) in [6, 6.07) is 91.2. The molecule has 4 nitrogen and oxygen atoms in total. The van der Waals surface area contributed by atoms with Gasteiger partial charge in [-0.3, -0.25) is 0 Å². The van der Waals surface area contributed by atoms with E-state index in [0.29, 0.717) is 0 Å². The van der Waals surface area contributed by atoms with E-state index in [-0.39, 0.29) is 0 Å². The molecule has 3 aromatic heterocycles. The second-order valence-corrected chi connectivity index (χ2v) is 18.0. The van der Waals surface area contributed by atoms with E-state index in [9.17, 15) is 0 Å². The van der Waals surface area contributed by atoms with E-state index in [1.54, 1.807) is 0 Å². The van der Waals surface area contributed by atoms with Crippen molar-refractivity contribution in [1.82, 2.24) is 4.57 Å². The van der Waals surface area contributed by atoms with Gasteiger partial charge in [0.15, 0.2) is 0 Å². The minimum atomic E-state index is 0.845. The standard InChI is InChI=1S/C66H42N2O2/c1-3-17-43(18-4-1)44-33-35-45(36-34-44)49-21-7-11-29-60(49)67(48-38-40-52-51-22-8-12-30-61(51)68(62(52)42-48)46-19-5-2-6-20-46)47-37-39-50(55-25-15-26-56-53-23-9-13-31-63(53)69-65(55)56)59(41-47)58-28-16-27-57-54-24-10-14-32-64(54)70-66(57)58/h1-42H. The Morgan fingerprint density at radius 2 is 0.786 bits per heavy atom. The zero-order chi connectivity index (χ0) is 46.1. The largest absolute Gasteiger partial charge is 0.455 e. The smallest absolute Gasteiger partial charge is 0.143 e. The van der Waals surface area contributed by atoms with Crippen molar-refractivity contribution in [1.29, 1.82) is 0 Å². The van der Waals surface area contributed by atoms with Gasteiger partial charge in [0.25, 0.3) is 0 Å². The molecule has 0 aliphatic heterocycles. The molecular formula is C66H42N2O2. The van der Waals surface area contributed by atoms with Crippen molar-refractivity contribution in [3.05, 3.63) is 255 Å². The summed E-state index contributed by atoms with van der Waals surface area (Å²) in [4.78, 5) is 2.43. The number of nitrogens with zero attached hydrogens (tertiary/aromatic N) is 2. The van der Waals surface area contributed by atoms with Crippen LogP contribution in [0.2, 0.25) is 0 Å². The zero-order valence-electron chi connectivity index (χ0n) is 38.0. The van der Waals surface area contributed by atoms with Gasteiger partial charge in [0, 0.05) is 66.1 Å². The number of anilines is 3. The monoisotopic (exact) mass is 894 g/mol. The first kappa shape index (κ1) is 39.8. The fourth-order valence-corrected chi connectivity index (χ4v) is 10.8. The lowest BCUT2D eigenvalue weighted by molar-refractivity contribution is 0.669. The molecule has 4 heteroatoms. The van der Waals surface area contributed by atoms with Crippen LogP contribution < -0.4 is 4.90 Å². The van der Waals surface area contributed by atoms with Gasteiger partial charge in [-0.2, -0.15) is 0 Å². The summed E-state index contributed by atoms with van der Waals surface area (Å²) in [6.07, 6.45) is 0. The van der Waals surface area contributed by atoms with Gasteiger partial charge in [-0.25, -0.2) is 0 Å². The lowest BCUT2D eigenvalue weighted by atomic mass is 9.91. The average molecular weight is 895 g/mol. The molecule has 0 fully saturated rings. The second-order valence-electron chi connectivity index (χ2n) is 18.0. The fourth-order valence-electron chi connectivity index (χ4n) is 10.8. The van der Waals surface area contributed by atoms with Crippen LogP contribution >= 0.6 is 0 Å². The molecule has 0 aliphatic rings. The third kappa shape index (κ3) is 6.38. The van der Waals surface area contributed by atoms with Crippen LogP contribution in [-0.2, 0) is 0 Å². The predicted molar refractivity (Wildman–Crippen MR) is 292 cm³/mol. The van der Waals surface area contributed by atoms with Crippen LogP contribution in [0.15, 0.2) is 264 Å². The van der Waals surface area contributed by atoms with Crippen molar-refractivity contribution in [2.75, 3.05) is 4.90 Å². The highest BCUT2D eigenvalue weighted by atomic mass is 16.3. The number of hydrogen-bond donors (Lipinski definition) is 0. The molecule has 0 bridgehead atoms. The summed E-state index contributed by atoms with van der Waals surface area (Å²) in [5.74, 6) is 0. The van der Waals surface area contributed by atoms with Crippen molar-refractivity contribution < 1.29 is 8.83 Å². The van der Waals surface area contributed by atoms with E-state index in [1.165, 1.54) is 21.9 Å². The Hall–Kier alpha value is -9.38. The van der Waals surface area contributed by atoms with Crippen LogP contribution in [0.3, 0.4) is 0 Å². The van der Waals surface area contributed by atoms with E-state index < -0.39 is 0 Å². The molecule has 0 spiro atoms. The fraction of sp³-hybridized carbons (Fsp3) is 0. The van der Waals surface area contributed by atoms with Crippen molar-refractivity contribution in [3.63, 3.8) is 0 Å². The molecule has 0 unspecified atom stereocenters. The van der Waals surface area contributed by atoms with Crippen molar-refractivity contribution in [3.8, 4) is 50.2 Å². The molecule has 14 rings (SSSR count). The van der Waals surface area contributed by atoms with Crippen molar-refractivity contribution >= 4 is 82.7 Å². The Bertz CT molecular complexity index is 4290. The minimum Gasteiger partial charge on any atom is -0.455 e. The maximum absolute atomic E-state index is 6.84. The summed E-state index contributed by atoms with van der Waals surface area (Å²) in [6.45, 7) is 0. The lowest BCUT2D eigenvalue weighted by Crippen LogP contribution is -2.12. The molecule has 0 N–H and O–H groups in total. The first-order chi connectivity index (χ1) is 34.7. The maximum Gasteiger partial charge on any atom is 0.143 e. The van der Waals surface area contributed by atoms with E-state index in [1.807, 2.05) is 12.1 Å². The number of fused-ring (bicyclic) bond motifs is 9. The lowest BCUT2D eigenvalue weighted by Gasteiger charge is -2.29. The number of para-hydroxylation sites is 7. The Labute approximate surface area is 404 Å². The highest BCUT2D eigenvalue weighted by Crippen LogP contribution is 2.48. The third-order valence-electron chi connectivity index (χ3n) is 14.0. The number of aromatic nitrogens is 1. The number of rotatable bonds is 8. The van der Waals surface area contributed by atoms with E-state index in [2.05, 4.69) is 252 Å². The third-order valence-corrected chi connectivity index (χ3v) is 14.0. The van der Waals surface area contributed by atoms with Crippen LogP contribution in [0.1, 0.15) is 0 Å². The average Bonchev–Trinajstić information content (AvgIpc) is 4.12. The Morgan fingerprint density at radius 3 is 1.50 bits per heavy atom. The molecule has 0 atom stereocenters. The SMILES string of the molecule is c1ccc(-c2ccc(-c3ccccc3N(c3ccc(-c4cccc5c4oc4ccccc45)c(-c4cccc5c4oc4ccccc45)c3)c3ccc4c5ccccc5n(-c5ccccc5)c4c3)cc2)cc1. The van der Waals surface area contributed by atoms with Crippen LogP contribution in [0.4, 0.5) is 17.1 Å². The van der Waals surface area contributed by atoms with Gasteiger partial charge in [0.05, 0.1) is 16.7 Å². The van der Waals surface area contributed by atoms with Gasteiger partial charge in [-0.15, -0.1) is 0 Å². The van der Waals surface area contributed by atoms with Crippen molar-refractivity contribution in [2.24, 2.45) is 0 Å². The van der Waals surface area contributed by atoms with Crippen LogP contribution in [0.5, 0.6) is 0 Å². The van der Waals surface area contributed by atoms with Gasteiger partial charge in [-0.1, -0.05) is 194 Å². The summed E-state index contributed by atoms with van der Waals surface area (Å²) < 4.78 is 16.0. The molecule has 14 aromatic rings. The number of benzene rings is 11. The molecule has 328 valence electrons. The summed E-state index contributed by atoms with van der Waals surface area (Å²) in [5.41, 5.74) is 18.6. The predicted octanol–water partition coefficient (Wildman–Crippen LogP) is 18.7. The molecule has 3 heterocycles. The summed E-state index contributed by atoms with van der Waals surface area (Å²) in [7, 11) is 0. The van der Waals surface area contributed by atoms with Gasteiger partial charge in [0.2, 0.25) is 0 Å². The van der Waals surface area contributed by atoms with E-state index in [0.717, 1.165) is 111 Å². The van der Waals surface area contributed by atoms with Crippen LogP contribution in [-0.4, -0.2) is 4.57 Å². The Balaban J connectivity index is 1.05. The Kier molecular flexibility index (Phi) is 9.17. The van der Waals surface area contributed by atoms with Gasteiger partial charge >= 0.3 is 0 Å². The molecule has 0 saturated heterocycles. The zero-order valence-corrected chi connectivity index (χ0v) is 38.0. The van der Waals surface area contributed by atoms with Gasteiger partial charge in [-0.05, 0) is 88.5 Å². The molecule has 0 amide bonds. The number of furan rings is 2.